The SMILES string of the molecule is CC(C)CC[C@@H](CCC[C@H](NC(=O)OC(C)(C)C)C(=O)O)[C@@H](O[Si](C(C)C)(C(C)C)C(C)C)[C@H](C)O.COc1ccc(CO[C@@H](C)[C@H](O[Si](C(C)C)(C(C)C)C(C)C)[C@H](CCC[C@H](NC(=O)OC(C)(C)C)C(=O)O)CCC(C)C)cc1. The van der Waals surface area contributed by atoms with Crippen LogP contribution in [0.5, 0.6) is 5.75 Å². The number of carboxylic acids is 2. The van der Waals surface area contributed by atoms with Crippen LogP contribution in [0.4, 0.5) is 9.59 Å². The van der Waals surface area contributed by atoms with Crippen molar-refractivity contribution in [2.24, 2.45) is 23.7 Å². The van der Waals surface area contributed by atoms with Gasteiger partial charge in [0.2, 0.25) is 16.6 Å². The van der Waals surface area contributed by atoms with Gasteiger partial charge in [-0.25, -0.2) is 19.2 Å². The Hall–Kier alpha value is -3.23. The highest BCUT2D eigenvalue weighted by Crippen LogP contribution is 2.47. The summed E-state index contributed by atoms with van der Waals surface area (Å²) in [5, 5.41) is 35.5. The standard InChI is InChI=1S/C36H65NO7Si.C28H57NO6Si/c1-24(2)17-20-30(15-14-16-32(34(38)39)37-35(40)43-36(10,11)12)33(44-45(25(3)4,26(5)6)27(7)8)28(9)42-23-29-18-21-31(41-13)22-19-29;1-18(2)16-17-23(14-13-15-24(26(31)32)29-27(33)34-28(10,11)12)25(22(9)30)35-36(19(3)4,20(5)6)21(7)8/h18-19,21-22,24-28,30,32-33H,14-17,20,23H2,1-13H3,(H,37,40)(H,38,39);18-25,30H,13-17H2,1-12H3,(H,29,33)(H,31,32)/t28-,30+,32-,33-;22-,23+,24-,25-/m00/s1. The topological polar surface area (TPSA) is 208 Å². The van der Waals surface area contributed by atoms with Crippen molar-refractivity contribution in [3.05, 3.63) is 29.8 Å². The van der Waals surface area contributed by atoms with E-state index < -0.39 is 70.1 Å². The molecule has 1 aromatic rings. The molecule has 0 bridgehead atoms. The average molecular weight is 1180 g/mol. The minimum Gasteiger partial charge on any atom is -0.497 e. The summed E-state index contributed by atoms with van der Waals surface area (Å²) in [6.45, 7) is 51.0. The third kappa shape index (κ3) is 28.0. The van der Waals surface area contributed by atoms with Gasteiger partial charge in [0.15, 0.2) is 0 Å². The van der Waals surface area contributed by atoms with E-state index in [1.807, 2.05) is 31.2 Å². The summed E-state index contributed by atoms with van der Waals surface area (Å²) < 4.78 is 37.1. The highest BCUT2D eigenvalue weighted by atomic mass is 28.4. The number of hydrogen-bond donors (Lipinski definition) is 5. The van der Waals surface area contributed by atoms with Gasteiger partial charge in [-0.1, -0.05) is 149 Å². The van der Waals surface area contributed by atoms with E-state index in [2.05, 4.69) is 128 Å². The highest BCUT2D eigenvalue weighted by Gasteiger charge is 2.50. The van der Waals surface area contributed by atoms with Crippen molar-refractivity contribution in [1.29, 1.82) is 0 Å². The van der Waals surface area contributed by atoms with E-state index in [1.165, 1.54) is 0 Å². The molecule has 0 heterocycles. The summed E-state index contributed by atoms with van der Waals surface area (Å²) in [6.07, 6.45) is 4.53. The lowest BCUT2D eigenvalue weighted by molar-refractivity contribution is -0.140. The number of carbonyl (C=O) groups excluding carboxylic acids is 2. The zero-order valence-electron chi connectivity index (χ0n) is 55.7. The van der Waals surface area contributed by atoms with Crippen LogP contribution in [0.15, 0.2) is 24.3 Å². The number of rotatable bonds is 36. The van der Waals surface area contributed by atoms with E-state index in [9.17, 15) is 34.5 Å². The second-order valence-electron chi connectivity index (χ2n) is 27.8. The fourth-order valence-electron chi connectivity index (χ4n) is 12.1. The highest BCUT2D eigenvalue weighted by molar-refractivity contribution is 6.78. The number of aliphatic hydroxyl groups excluding tert-OH is 1. The Labute approximate surface area is 495 Å². The molecule has 0 aromatic heterocycles. The summed E-state index contributed by atoms with van der Waals surface area (Å²) in [7, 11) is -2.84. The second kappa shape index (κ2) is 36.6. The van der Waals surface area contributed by atoms with E-state index >= 15 is 0 Å². The maximum atomic E-state index is 12.4. The maximum Gasteiger partial charge on any atom is 0.408 e. The molecule has 1 rings (SSSR count). The van der Waals surface area contributed by atoms with Gasteiger partial charge in [0.1, 0.15) is 29.0 Å². The molecule has 0 saturated heterocycles. The first-order valence-electron chi connectivity index (χ1n) is 30.9. The minimum absolute atomic E-state index is 0.103. The zero-order valence-corrected chi connectivity index (χ0v) is 57.7. The Morgan fingerprint density at radius 1 is 0.494 bits per heavy atom. The molecule has 17 heteroatoms. The smallest absolute Gasteiger partial charge is 0.408 e. The lowest BCUT2D eigenvalue weighted by Crippen LogP contribution is -2.54. The Kier molecular flexibility index (Phi) is 35.1. The molecular formula is C64H122N2O13Si2. The number of carbonyl (C=O) groups is 4. The van der Waals surface area contributed by atoms with Crippen LogP contribution in [-0.4, -0.2) is 111 Å². The molecule has 81 heavy (non-hydrogen) atoms. The van der Waals surface area contributed by atoms with Crippen molar-refractivity contribution in [2.75, 3.05) is 7.11 Å². The monoisotopic (exact) mass is 1180 g/mol. The number of amides is 2. The molecule has 1 aromatic carbocycles. The maximum absolute atomic E-state index is 12.4. The number of aliphatic carboxylic acids is 2. The van der Waals surface area contributed by atoms with Crippen LogP contribution < -0.4 is 15.4 Å². The summed E-state index contributed by atoms with van der Waals surface area (Å²) in [6, 6.07) is 5.90. The van der Waals surface area contributed by atoms with Crippen LogP contribution in [0.25, 0.3) is 0 Å². The molecule has 0 aliphatic carbocycles. The molecular weight excluding hydrogens is 1060 g/mol. The number of alkyl carbamates (subject to hydrolysis) is 2. The number of benzene rings is 1. The second-order valence-corrected chi connectivity index (χ2v) is 38.6. The number of aliphatic hydroxyl groups is 1. The molecule has 0 radical (unpaired) electrons. The quantitative estimate of drug-likeness (QED) is 0.0397. The predicted molar refractivity (Wildman–Crippen MR) is 335 cm³/mol. The molecule has 0 unspecified atom stereocenters. The molecule has 0 aliphatic rings. The van der Waals surface area contributed by atoms with Crippen LogP contribution in [0.1, 0.15) is 236 Å². The van der Waals surface area contributed by atoms with Crippen molar-refractivity contribution >= 4 is 40.8 Å². The first-order valence-corrected chi connectivity index (χ1v) is 35.2. The van der Waals surface area contributed by atoms with Crippen LogP contribution in [0, 0.1) is 23.7 Å². The molecule has 2 amide bonds. The van der Waals surface area contributed by atoms with Gasteiger partial charge in [-0.2, -0.15) is 0 Å². The molecule has 0 spiro atoms. The van der Waals surface area contributed by atoms with E-state index in [4.69, 9.17) is 27.8 Å². The van der Waals surface area contributed by atoms with Crippen molar-refractivity contribution in [1.82, 2.24) is 10.6 Å². The fraction of sp³-hybridized carbons (Fsp3) is 0.844. The average Bonchev–Trinajstić information content (AvgIpc) is 3.31. The Balaban J connectivity index is 0.00000162. The Bertz CT molecular complexity index is 1880. The number of carboxylic acid groups (broad SMARTS) is 2. The third-order valence-electron chi connectivity index (χ3n) is 16.0. The summed E-state index contributed by atoms with van der Waals surface area (Å²) >= 11 is 0. The van der Waals surface area contributed by atoms with Crippen molar-refractivity contribution in [2.45, 2.75) is 318 Å². The number of ether oxygens (including phenoxy) is 4. The third-order valence-corrected chi connectivity index (χ3v) is 28.2. The lowest BCUT2D eigenvalue weighted by Gasteiger charge is -2.47. The van der Waals surface area contributed by atoms with Crippen LogP contribution in [0.2, 0.25) is 33.2 Å². The molecule has 0 aliphatic heterocycles. The summed E-state index contributed by atoms with van der Waals surface area (Å²) in [5.41, 5.74) is 2.10. The first kappa shape index (κ1) is 77.8. The zero-order chi connectivity index (χ0) is 63.0. The first-order chi connectivity index (χ1) is 37.2. The fourth-order valence-corrected chi connectivity index (χ4v) is 23.5. The summed E-state index contributed by atoms with van der Waals surface area (Å²) in [5.74, 6) is -0.0205. The molecule has 8 atom stereocenters. The van der Waals surface area contributed by atoms with Gasteiger partial charge in [-0.3, -0.25) is 0 Å². The summed E-state index contributed by atoms with van der Waals surface area (Å²) in [4.78, 5) is 48.4. The van der Waals surface area contributed by atoms with Crippen molar-refractivity contribution < 1.29 is 62.3 Å². The molecule has 5 N–H and O–H groups in total. The van der Waals surface area contributed by atoms with Crippen molar-refractivity contribution in [3.63, 3.8) is 0 Å². The van der Waals surface area contributed by atoms with Crippen molar-refractivity contribution in [3.8, 4) is 5.75 Å². The minimum atomic E-state index is -2.28. The van der Waals surface area contributed by atoms with E-state index in [-0.39, 0.29) is 30.1 Å². The van der Waals surface area contributed by atoms with Gasteiger partial charge < -0.3 is 53.8 Å². The van der Waals surface area contributed by atoms with Gasteiger partial charge in [0.25, 0.3) is 0 Å². The largest absolute Gasteiger partial charge is 0.497 e. The normalized spacial score (nSPS) is 15.8. The van der Waals surface area contributed by atoms with Gasteiger partial charge in [0.05, 0.1) is 38.1 Å². The molecule has 474 valence electrons. The number of hydrogen-bond acceptors (Lipinski definition) is 11. The molecule has 15 nitrogen and oxygen atoms in total. The van der Waals surface area contributed by atoms with Gasteiger partial charge in [-0.05, 0) is 169 Å². The Morgan fingerprint density at radius 3 is 1.11 bits per heavy atom. The van der Waals surface area contributed by atoms with E-state index in [0.29, 0.717) is 77.4 Å². The van der Waals surface area contributed by atoms with E-state index in [1.54, 1.807) is 48.7 Å². The van der Waals surface area contributed by atoms with Gasteiger partial charge in [-0.15, -0.1) is 0 Å². The van der Waals surface area contributed by atoms with Gasteiger partial charge in [0, 0.05) is 0 Å². The number of nitrogens with one attached hydrogen (secondary N) is 2. The Morgan fingerprint density at radius 2 is 0.827 bits per heavy atom. The molecule has 0 fully saturated rings. The van der Waals surface area contributed by atoms with Crippen LogP contribution in [0.3, 0.4) is 0 Å². The molecule has 0 saturated carbocycles. The van der Waals surface area contributed by atoms with Gasteiger partial charge >= 0.3 is 24.1 Å². The van der Waals surface area contributed by atoms with Crippen LogP contribution in [-0.2, 0) is 39.3 Å². The predicted octanol–water partition coefficient (Wildman–Crippen LogP) is 16.5. The lowest BCUT2D eigenvalue weighted by atomic mass is 9.86. The van der Waals surface area contributed by atoms with Crippen LogP contribution >= 0.6 is 0 Å². The number of methoxy groups -OCH3 is 1. The van der Waals surface area contributed by atoms with E-state index in [0.717, 1.165) is 49.8 Å².